The third kappa shape index (κ3) is 5.49. The van der Waals surface area contributed by atoms with Gasteiger partial charge >= 0.3 is 17.1 Å². The molecule has 0 saturated carbocycles. The van der Waals surface area contributed by atoms with E-state index >= 15 is 0 Å². The molecule has 6 heteroatoms. The first-order chi connectivity index (χ1) is 11.6. The maximum atomic E-state index is 12.6. The summed E-state index contributed by atoms with van der Waals surface area (Å²) >= 11 is 0. The van der Waals surface area contributed by atoms with Gasteiger partial charge in [0.1, 0.15) is 0 Å². The Hall–Kier alpha value is -1.59. The second kappa shape index (κ2) is 11.0. The van der Waals surface area contributed by atoms with Crippen LogP contribution in [0.5, 0.6) is 0 Å². The molecule has 0 fully saturated rings. The van der Waals surface area contributed by atoms with Crippen LogP contribution < -0.4 is 17.1 Å². The molecule has 0 aliphatic carbocycles. The van der Waals surface area contributed by atoms with Gasteiger partial charge < -0.3 is 0 Å². The van der Waals surface area contributed by atoms with E-state index in [1.54, 1.807) is 6.92 Å². The zero-order chi connectivity index (χ0) is 17.9. The standard InChI is InChI=1S/C18H33N3O3/c1-4-7-9-11-13-15-21-17(23)19(6-3)16(22)20(18(21)24)14-12-10-8-5-2/h4-15H2,1-3H3. The molecule has 0 amide bonds. The van der Waals surface area contributed by atoms with Crippen molar-refractivity contribution in [1.29, 1.82) is 0 Å². The van der Waals surface area contributed by atoms with Crippen molar-refractivity contribution in [1.82, 2.24) is 13.7 Å². The molecular weight excluding hydrogens is 306 g/mol. The smallest absolute Gasteiger partial charge is 0.247 e. The minimum Gasteiger partial charge on any atom is -0.247 e. The molecule has 24 heavy (non-hydrogen) atoms. The summed E-state index contributed by atoms with van der Waals surface area (Å²) in [5.74, 6) is 0. The van der Waals surface area contributed by atoms with Crippen LogP contribution in [0.4, 0.5) is 0 Å². The average molecular weight is 339 g/mol. The molecule has 0 radical (unpaired) electrons. The Bertz CT molecular complexity index is 655. The molecule has 6 nitrogen and oxygen atoms in total. The Morgan fingerprint density at radius 3 is 1.33 bits per heavy atom. The van der Waals surface area contributed by atoms with E-state index in [0.29, 0.717) is 19.6 Å². The van der Waals surface area contributed by atoms with Gasteiger partial charge in [0.05, 0.1) is 0 Å². The highest BCUT2D eigenvalue weighted by molar-refractivity contribution is 4.79. The lowest BCUT2D eigenvalue weighted by atomic mass is 10.1. The quantitative estimate of drug-likeness (QED) is 0.550. The third-order valence-corrected chi connectivity index (χ3v) is 4.42. The molecule has 0 aromatic carbocycles. The first-order valence-corrected chi connectivity index (χ1v) is 9.52. The fraction of sp³-hybridized carbons (Fsp3) is 0.833. The number of aromatic nitrogens is 3. The van der Waals surface area contributed by atoms with Crippen molar-refractivity contribution in [3.8, 4) is 0 Å². The topological polar surface area (TPSA) is 66.0 Å². The van der Waals surface area contributed by atoms with Gasteiger partial charge in [-0.3, -0.25) is 0 Å². The predicted molar refractivity (Wildman–Crippen MR) is 97.8 cm³/mol. The van der Waals surface area contributed by atoms with E-state index in [1.807, 2.05) is 0 Å². The van der Waals surface area contributed by atoms with E-state index in [0.717, 1.165) is 51.4 Å². The minimum atomic E-state index is -0.466. The lowest BCUT2D eigenvalue weighted by molar-refractivity contribution is 0.427. The average Bonchev–Trinajstić information content (AvgIpc) is 2.57. The summed E-state index contributed by atoms with van der Waals surface area (Å²) in [5.41, 5.74) is -1.37. The monoisotopic (exact) mass is 339 g/mol. The molecule has 0 spiro atoms. The van der Waals surface area contributed by atoms with Crippen molar-refractivity contribution in [2.45, 2.75) is 98.2 Å². The van der Waals surface area contributed by atoms with Crippen molar-refractivity contribution in [2.24, 2.45) is 0 Å². The highest BCUT2D eigenvalue weighted by Crippen LogP contribution is 2.03. The normalized spacial score (nSPS) is 11.1. The Balaban J connectivity index is 2.98. The van der Waals surface area contributed by atoms with Crippen LogP contribution in [0.1, 0.15) is 78.6 Å². The van der Waals surface area contributed by atoms with Crippen LogP contribution in [0.15, 0.2) is 14.4 Å². The largest absolute Gasteiger partial charge is 0.336 e. The van der Waals surface area contributed by atoms with Crippen molar-refractivity contribution in [3.63, 3.8) is 0 Å². The first kappa shape index (κ1) is 20.5. The minimum absolute atomic E-state index is 0.294. The third-order valence-electron chi connectivity index (χ3n) is 4.42. The highest BCUT2D eigenvalue weighted by atomic mass is 16.2. The summed E-state index contributed by atoms with van der Waals surface area (Å²) in [7, 11) is 0. The van der Waals surface area contributed by atoms with E-state index in [9.17, 15) is 14.4 Å². The van der Waals surface area contributed by atoms with E-state index < -0.39 is 17.1 Å². The van der Waals surface area contributed by atoms with Crippen LogP contribution in [0.3, 0.4) is 0 Å². The molecule has 0 unspecified atom stereocenters. The number of nitrogens with zero attached hydrogens (tertiary/aromatic N) is 3. The van der Waals surface area contributed by atoms with Crippen LogP contribution in [-0.4, -0.2) is 13.7 Å². The molecule has 1 aromatic heterocycles. The van der Waals surface area contributed by atoms with Gasteiger partial charge in [-0.15, -0.1) is 0 Å². The zero-order valence-electron chi connectivity index (χ0n) is 15.6. The van der Waals surface area contributed by atoms with Gasteiger partial charge in [0.2, 0.25) is 0 Å². The Morgan fingerprint density at radius 1 is 0.542 bits per heavy atom. The molecule has 1 aromatic rings. The highest BCUT2D eigenvalue weighted by Gasteiger charge is 2.13. The summed E-state index contributed by atoms with van der Waals surface area (Å²) in [4.78, 5) is 37.4. The van der Waals surface area contributed by atoms with Crippen molar-refractivity contribution >= 4 is 0 Å². The molecule has 0 aliphatic heterocycles. The van der Waals surface area contributed by atoms with Gasteiger partial charge in [-0.2, -0.15) is 0 Å². The Labute approximate surface area is 144 Å². The molecule has 0 N–H and O–H groups in total. The van der Waals surface area contributed by atoms with Gasteiger partial charge in [-0.05, 0) is 19.8 Å². The van der Waals surface area contributed by atoms with Crippen molar-refractivity contribution in [3.05, 3.63) is 31.5 Å². The fourth-order valence-electron chi connectivity index (χ4n) is 2.91. The number of hydrogen-bond acceptors (Lipinski definition) is 3. The lowest BCUT2D eigenvalue weighted by Crippen LogP contribution is -2.54. The SMILES string of the molecule is CCCCCCCn1c(=O)n(CC)c(=O)n(CCCCCC)c1=O. The summed E-state index contributed by atoms with van der Waals surface area (Å²) in [6, 6.07) is 0. The Kier molecular flexibility index (Phi) is 9.42. The molecule has 1 heterocycles. The second-order valence-electron chi connectivity index (χ2n) is 6.37. The summed E-state index contributed by atoms with van der Waals surface area (Å²) in [5, 5.41) is 0. The van der Waals surface area contributed by atoms with Gasteiger partial charge in [0.15, 0.2) is 0 Å². The summed E-state index contributed by atoms with van der Waals surface area (Å²) < 4.78 is 3.66. The zero-order valence-corrected chi connectivity index (χ0v) is 15.6. The predicted octanol–water partition coefficient (Wildman–Crippen LogP) is 2.74. The summed E-state index contributed by atoms with van der Waals surface area (Å²) in [6.45, 7) is 7.13. The van der Waals surface area contributed by atoms with Gasteiger partial charge in [-0.25, -0.2) is 28.1 Å². The molecule has 1 rings (SSSR count). The number of unbranched alkanes of at least 4 members (excludes halogenated alkanes) is 7. The fourth-order valence-corrected chi connectivity index (χ4v) is 2.91. The first-order valence-electron chi connectivity index (χ1n) is 9.52. The molecule has 0 aliphatic rings. The van der Waals surface area contributed by atoms with Crippen LogP contribution >= 0.6 is 0 Å². The maximum absolute atomic E-state index is 12.6. The van der Waals surface area contributed by atoms with E-state index in [4.69, 9.17) is 0 Å². The molecule has 0 bridgehead atoms. The van der Waals surface area contributed by atoms with Gasteiger partial charge in [0.25, 0.3) is 0 Å². The van der Waals surface area contributed by atoms with Crippen molar-refractivity contribution < 1.29 is 0 Å². The van der Waals surface area contributed by atoms with Gasteiger partial charge in [-0.1, -0.05) is 58.8 Å². The van der Waals surface area contributed by atoms with Gasteiger partial charge in [0, 0.05) is 19.6 Å². The second-order valence-corrected chi connectivity index (χ2v) is 6.37. The van der Waals surface area contributed by atoms with E-state index in [1.165, 1.54) is 20.1 Å². The molecule has 0 saturated heterocycles. The maximum Gasteiger partial charge on any atom is 0.336 e. The molecule has 0 atom stereocenters. The van der Waals surface area contributed by atoms with Crippen LogP contribution in [0.25, 0.3) is 0 Å². The van der Waals surface area contributed by atoms with E-state index in [2.05, 4.69) is 13.8 Å². The van der Waals surface area contributed by atoms with Crippen LogP contribution in [-0.2, 0) is 19.6 Å². The van der Waals surface area contributed by atoms with Crippen molar-refractivity contribution in [2.75, 3.05) is 0 Å². The number of hydrogen-bond donors (Lipinski definition) is 0. The molecule has 138 valence electrons. The number of rotatable bonds is 12. The summed E-state index contributed by atoms with van der Waals surface area (Å²) in [6.07, 6.45) is 9.22. The Morgan fingerprint density at radius 2 is 0.917 bits per heavy atom. The lowest BCUT2D eigenvalue weighted by Gasteiger charge is -2.13. The van der Waals surface area contributed by atoms with Crippen LogP contribution in [0, 0.1) is 0 Å². The van der Waals surface area contributed by atoms with Crippen LogP contribution in [0.2, 0.25) is 0 Å². The van der Waals surface area contributed by atoms with E-state index in [-0.39, 0.29) is 0 Å². The molecular formula is C18H33N3O3.